The Hall–Kier alpha value is -3.74. The van der Waals surface area contributed by atoms with Gasteiger partial charge in [-0.25, -0.2) is 9.59 Å². The highest BCUT2D eigenvalue weighted by molar-refractivity contribution is 5.87. The maximum Gasteiger partial charge on any atom is 0.331 e. The van der Waals surface area contributed by atoms with Gasteiger partial charge < -0.3 is 25.2 Å². The van der Waals surface area contributed by atoms with Crippen LogP contribution in [0.15, 0.2) is 48.6 Å². The molecule has 10 atom stereocenters. The summed E-state index contributed by atoms with van der Waals surface area (Å²) in [6, 6.07) is 16.3. The van der Waals surface area contributed by atoms with Crippen LogP contribution in [0.3, 0.4) is 0 Å². The van der Waals surface area contributed by atoms with Gasteiger partial charge in [0.25, 0.3) is 0 Å². The summed E-state index contributed by atoms with van der Waals surface area (Å²) in [7, 11) is 0. The lowest BCUT2D eigenvalue weighted by Gasteiger charge is -2.58. The van der Waals surface area contributed by atoms with E-state index in [1.54, 1.807) is 37.3 Å². The van der Waals surface area contributed by atoms with Gasteiger partial charge in [-0.05, 0) is 169 Å². The second-order valence-electron chi connectivity index (χ2n) is 19.4. The maximum atomic E-state index is 12.4. The molecule has 8 heterocycles. The fourth-order valence-corrected chi connectivity index (χ4v) is 12.6. The van der Waals surface area contributed by atoms with Crippen LogP contribution in [0.4, 0.5) is 0 Å². The van der Waals surface area contributed by atoms with Gasteiger partial charge in [0.05, 0.1) is 6.10 Å². The van der Waals surface area contributed by atoms with Gasteiger partial charge in [-0.15, -0.1) is 0 Å². The van der Waals surface area contributed by atoms with Gasteiger partial charge in [0.15, 0.2) is 0 Å². The van der Waals surface area contributed by atoms with E-state index in [9.17, 15) is 24.9 Å². The number of aliphatic carboxylic acids is 1. The Morgan fingerprint density at radius 3 is 1.51 bits per heavy atom. The highest BCUT2D eigenvalue weighted by Crippen LogP contribution is 2.43. The number of ether oxygens (including phenoxy) is 1. The van der Waals surface area contributed by atoms with Crippen LogP contribution < -0.4 is 0 Å². The van der Waals surface area contributed by atoms with Crippen LogP contribution in [0, 0.1) is 13.8 Å². The first-order valence-corrected chi connectivity index (χ1v) is 23.6. The van der Waals surface area contributed by atoms with E-state index in [4.69, 9.17) is 9.84 Å². The number of phenolic OH excluding ortho intramolecular Hbond substituents is 2. The number of benzene rings is 2. The molecular formula is C50H70N4O7. The Bertz CT molecular complexity index is 1900. The van der Waals surface area contributed by atoms with E-state index in [0.717, 1.165) is 103 Å². The number of carboxylic acids is 1. The van der Waals surface area contributed by atoms with E-state index in [2.05, 4.69) is 19.6 Å². The standard InChI is InChI=1S/C25H34N2O3.C15H26N2O.C10H10O3/c1-17-12-18(5-7-24(17)28)6-8-25(29)30-23-9-11-27-20-13-19-4-2-3-10-26(19)21(14-20)15-22(27)16-23;18-15-4-6-17-12-7-11-3-1-2-5-16(11)13(8-12)9-14(17)10-15;1-7-6-8(2-4-9(7)11)3-5-10(12)13/h5-8,12,19-23,28H,2-4,9-11,13-16H2,1H3;11-15,18H,1-10H2;2-6,11H,1H3,(H,12,13)/b8-6-;;5-3+/t19-,20+,21+,22-,23?;11-,12+,13+,14-,15?;/m11./s1. The molecule has 4 N–H and O–H groups in total. The largest absolute Gasteiger partial charge is 0.508 e. The second kappa shape index (κ2) is 19.8. The third-order valence-corrected chi connectivity index (χ3v) is 15.5. The third-order valence-electron chi connectivity index (χ3n) is 15.5. The lowest BCUT2D eigenvalue weighted by atomic mass is 9.76. The number of aliphatic hydroxyl groups excluding tert-OH is 1. The first-order chi connectivity index (χ1) is 29.5. The number of carboxylic acid groups (broad SMARTS) is 1. The van der Waals surface area contributed by atoms with Crippen molar-refractivity contribution >= 4 is 24.1 Å². The van der Waals surface area contributed by atoms with Gasteiger partial charge >= 0.3 is 11.9 Å². The lowest BCUT2D eigenvalue weighted by Crippen LogP contribution is -2.65. The monoisotopic (exact) mass is 839 g/mol. The number of carbonyl (C=O) groups is 2. The number of fused-ring (bicyclic) bond motifs is 12. The molecule has 0 spiro atoms. The average molecular weight is 839 g/mol. The van der Waals surface area contributed by atoms with Gasteiger partial charge in [0.2, 0.25) is 0 Å². The highest BCUT2D eigenvalue weighted by Gasteiger charge is 2.48. The molecule has 0 saturated carbocycles. The number of aliphatic hydroxyl groups is 1. The summed E-state index contributed by atoms with van der Waals surface area (Å²) in [5.74, 6) is -0.751. The Morgan fingerprint density at radius 2 is 1.00 bits per heavy atom. The van der Waals surface area contributed by atoms with Crippen molar-refractivity contribution in [2.24, 2.45) is 0 Å². The summed E-state index contributed by atoms with van der Waals surface area (Å²) in [4.78, 5) is 33.7. The molecule has 8 fully saturated rings. The maximum absolute atomic E-state index is 12.4. The molecule has 61 heavy (non-hydrogen) atoms. The van der Waals surface area contributed by atoms with Crippen molar-refractivity contribution in [1.82, 2.24) is 19.6 Å². The molecule has 8 saturated heterocycles. The number of carbonyl (C=O) groups excluding carboxylic acids is 1. The normalized spacial score (nSPS) is 33.8. The average Bonchev–Trinajstić information content (AvgIpc) is 3.25. The lowest BCUT2D eigenvalue weighted by molar-refractivity contribution is -0.150. The number of hydrogen-bond donors (Lipinski definition) is 4. The minimum Gasteiger partial charge on any atom is -0.508 e. The number of aryl methyl sites for hydroxylation is 2. The molecule has 4 bridgehead atoms. The zero-order valence-corrected chi connectivity index (χ0v) is 36.5. The summed E-state index contributed by atoms with van der Waals surface area (Å²) >= 11 is 0. The SMILES string of the molecule is Cc1cc(/C=C/C(=O)O)ccc1O.Cc1cc(/C=C\C(=O)OC2CCN3[C@@H]4C[C@@H](C[C@@H]3C2)N2CCCC[C@@H]2C4)ccc1O.OC1CCN2[C@@H]3C[C@@H](C[C@@H]2C1)N1CCCC[C@@H]1C3. The molecule has 332 valence electrons. The van der Waals surface area contributed by atoms with Crippen LogP contribution in [0.5, 0.6) is 11.5 Å². The molecule has 0 aromatic heterocycles. The van der Waals surface area contributed by atoms with Gasteiger partial charge in [-0.1, -0.05) is 25.0 Å². The van der Waals surface area contributed by atoms with Crippen LogP contribution in [-0.4, -0.2) is 139 Å². The van der Waals surface area contributed by atoms with Crippen LogP contribution >= 0.6 is 0 Å². The summed E-state index contributed by atoms with van der Waals surface area (Å²) < 4.78 is 5.83. The van der Waals surface area contributed by atoms with Gasteiger partial charge in [0.1, 0.15) is 17.6 Å². The smallest absolute Gasteiger partial charge is 0.331 e. The van der Waals surface area contributed by atoms with Crippen LogP contribution in [0.2, 0.25) is 0 Å². The molecule has 11 nitrogen and oxygen atoms in total. The fourth-order valence-electron chi connectivity index (χ4n) is 12.6. The minimum atomic E-state index is -0.981. The third kappa shape index (κ3) is 10.7. The van der Waals surface area contributed by atoms with Gasteiger partial charge in [0, 0.05) is 80.0 Å². The Kier molecular flexibility index (Phi) is 14.2. The highest BCUT2D eigenvalue weighted by atomic mass is 16.5. The Morgan fingerprint density at radius 1 is 0.557 bits per heavy atom. The Balaban J connectivity index is 0.000000140. The molecule has 0 aliphatic carbocycles. The number of hydrogen-bond acceptors (Lipinski definition) is 10. The zero-order valence-electron chi connectivity index (χ0n) is 36.5. The molecule has 10 rings (SSSR count). The number of piperidine rings is 8. The molecular weight excluding hydrogens is 769 g/mol. The molecule has 8 aliphatic rings. The predicted octanol–water partition coefficient (Wildman–Crippen LogP) is 7.28. The molecule has 8 aliphatic heterocycles. The summed E-state index contributed by atoms with van der Waals surface area (Å²) in [6.07, 6.45) is 26.3. The number of aromatic hydroxyl groups is 2. The van der Waals surface area contributed by atoms with E-state index in [-0.39, 0.29) is 29.7 Å². The van der Waals surface area contributed by atoms with Crippen molar-refractivity contribution < 1.29 is 34.8 Å². The van der Waals surface area contributed by atoms with Crippen LogP contribution in [-0.2, 0) is 14.3 Å². The van der Waals surface area contributed by atoms with Gasteiger partial charge in [-0.3, -0.25) is 19.6 Å². The van der Waals surface area contributed by atoms with E-state index in [1.807, 2.05) is 13.0 Å². The van der Waals surface area contributed by atoms with E-state index in [1.165, 1.54) is 108 Å². The van der Waals surface area contributed by atoms with Crippen molar-refractivity contribution in [2.75, 3.05) is 26.2 Å². The number of rotatable bonds is 5. The van der Waals surface area contributed by atoms with Gasteiger partial charge in [-0.2, -0.15) is 0 Å². The topological polar surface area (TPSA) is 137 Å². The van der Waals surface area contributed by atoms with Crippen LogP contribution in [0.25, 0.3) is 12.2 Å². The molecule has 2 unspecified atom stereocenters. The molecule has 2 aromatic carbocycles. The quantitative estimate of drug-likeness (QED) is 0.179. The summed E-state index contributed by atoms with van der Waals surface area (Å²) in [5.41, 5.74) is 3.19. The molecule has 11 heteroatoms. The van der Waals surface area contributed by atoms with E-state index >= 15 is 0 Å². The van der Waals surface area contributed by atoms with E-state index in [0.29, 0.717) is 12.1 Å². The number of esters is 1. The first-order valence-electron chi connectivity index (χ1n) is 23.6. The van der Waals surface area contributed by atoms with E-state index < -0.39 is 5.97 Å². The zero-order chi connectivity index (χ0) is 42.6. The van der Waals surface area contributed by atoms with Crippen molar-refractivity contribution in [3.8, 4) is 11.5 Å². The van der Waals surface area contributed by atoms with Crippen molar-refractivity contribution in [3.63, 3.8) is 0 Å². The number of phenols is 2. The van der Waals surface area contributed by atoms with Crippen LogP contribution in [0.1, 0.15) is 125 Å². The molecule has 0 radical (unpaired) electrons. The predicted molar refractivity (Wildman–Crippen MR) is 238 cm³/mol. The summed E-state index contributed by atoms with van der Waals surface area (Å²) in [5, 5.41) is 37.1. The first kappa shape index (κ1) is 43.9. The summed E-state index contributed by atoms with van der Waals surface area (Å²) in [6.45, 7) is 8.45. The fraction of sp³-hybridized carbons (Fsp3) is 0.640. The van der Waals surface area contributed by atoms with Crippen molar-refractivity contribution in [1.29, 1.82) is 0 Å². The molecule has 0 amide bonds. The second-order valence-corrected chi connectivity index (χ2v) is 19.4. The minimum absolute atomic E-state index is 0.0257. The molecule has 2 aromatic rings. The van der Waals surface area contributed by atoms with Crippen molar-refractivity contribution in [2.45, 2.75) is 177 Å². The Labute approximate surface area is 363 Å². The van der Waals surface area contributed by atoms with Crippen molar-refractivity contribution in [3.05, 3.63) is 70.8 Å². The number of nitrogens with zero attached hydrogens (tertiary/aromatic N) is 4.